The predicted molar refractivity (Wildman–Crippen MR) is 89.2 cm³/mol. The van der Waals surface area contributed by atoms with Crippen molar-refractivity contribution in [3.8, 4) is 11.3 Å². The van der Waals surface area contributed by atoms with E-state index in [0.29, 0.717) is 24.1 Å². The van der Waals surface area contributed by atoms with E-state index in [4.69, 9.17) is 5.11 Å². The molecule has 0 fully saturated rings. The highest BCUT2D eigenvalue weighted by molar-refractivity contribution is 5.75. The molecule has 0 spiro atoms. The molecule has 0 bridgehead atoms. The highest BCUT2D eigenvalue weighted by atomic mass is 19.1. The maximum Gasteiger partial charge on any atom is 0.179 e. The van der Waals surface area contributed by atoms with Gasteiger partial charge in [-0.3, -0.25) is 5.10 Å². The molecule has 0 unspecified atom stereocenters. The summed E-state index contributed by atoms with van der Waals surface area (Å²) >= 11 is 0. The van der Waals surface area contributed by atoms with Gasteiger partial charge in [-0.2, -0.15) is 5.10 Å². The number of halogens is 1. The summed E-state index contributed by atoms with van der Waals surface area (Å²) in [6.07, 6.45) is 2.21. The lowest BCUT2D eigenvalue weighted by molar-refractivity contribution is 0.298. The molecule has 126 valence electrons. The number of H-pyrrole nitrogens is 1. The van der Waals surface area contributed by atoms with Crippen LogP contribution in [-0.4, -0.2) is 41.9 Å². The van der Waals surface area contributed by atoms with Gasteiger partial charge in [0.05, 0.1) is 17.9 Å². The number of benzene rings is 1. The Morgan fingerprint density at radius 2 is 1.96 bits per heavy atom. The van der Waals surface area contributed by atoms with Crippen LogP contribution in [0.4, 0.5) is 4.39 Å². The van der Waals surface area contributed by atoms with E-state index in [0.717, 1.165) is 22.5 Å². The summed E-state index contributed by atoms with van der Waals surface area (Å²) in [6.45, 7) is 0.465. The Kier molecular flexibility index (Phi) is 3.95. The zero-order valence-corrected chi connectivity index (χ0v) is 13.2. The SMILES string of the molecule is OCCc1n[nH]cc1-c1ccc2nnn(Cc3ccc(F)cc3)c2n1. The van der Waals surface area contributed by atoms with Crippen molar-refractivity contribution >= 4 is 11.2 Å². The van der Waals surface area contributed by atoms with E-state index in [-0.39, 0.29) is 12.4 Å². The molecule has 3 heterocycles. The minimum absolute atomic E-state index is 0.0180. The van der Waals surface area contributed by atoms with E-state index in [1.54, 1.807) is 23.0 Å². The van der Waals surface area contributed by atoms with Gasteiger partial charge in [0.25, 0.3) is 0 Å². The summed E-state index contributed by atoms with van der Waals surface area (Å²) in [5.41, 5.74) is 4.55. The molecule has 0 amide bonds. The maximum atomic E-state index is 13.1. The zero-order valence-electron chi connectivity index (χ0n) is 13.2. The lowest BCUT2D eigenvalue weighted by Gasteiger charge is -2.04. The lowest BCUT2D eigenvalue weighted by Crippen LogP contribution is -2.03. The number of nitrogens with one attached hydrogen (secondary N) is 1. The van der Waals surface area contributed by atoms with Gasteiger partial charge in [0.15, 0.2) is 5.65 Å². The number of rotatable bonds is 5. The van der Waals surface area contributed by atoms with Gasteiger partial charge in [0.1, 0.15) is 11.3 Å². The van der Waals surface area contributed by atoms with E-state index in [9.17, 15) is 4.39 Å². The van der Waals surface area contributed by atoms with E-state index in [1.165, 1.54) is 12.1 Å². The van der Waals surface area contributed by atoms with Crippen LogP contribution in [0.15, 0.2) is 42.6 Å². The minimum Gasteiger partial charge on any atom is -0.396 e. The quantitative estimate of drug-likeness (QED) is 0.580. The topological polar surface area (TPSA) is 92.5 Å². The van der Waals surface area contributed by atoms with Crippen LogP contribution < -0.4 is 0 Å². The number of aromatic nitrogens is 6. The van der Waals surface area contributed by atoms with Gasteiger partial charge in [-0.1, -0.05) is 17.3 Å². The van der Waals surface area contributed by atoms with Crippen LogP contribution in [0.25, 0.3) is 22.4 Å². The standard InChI is InChI=1S/C17H15FN6O/c18-12-3-1-11(2-4-12)10-24-17-16(22-23-24)6-5-14(20-17)13-9-19-21-15(13)7-8-25/h1-6,9,25H,7-8,10H2,(H,19,21). The number of hydrogen-bond acceptors (Lipinski definition) is 5. The summed E-state index contributed by atoms with van der Waals surface area (Å²) in [4.78, 5) is 4.66. The third-order valence-corrected chi connectivity index (χ3v) is 3.95. The molecule has 0 saturated heterocycles. The first-order valence-electron chi connectivity index (χ1n) is 7.83. The number of aromatic amines is 1. The van der Waals surface area contributed by atoms with Gasteiger partial charge in [0.2, 0.25) is 0 Å². The van der Waals surface area contributed by atoms with Crippen molar-refractivity contribution in [3.05, 3.63) is 59.7 Å². The van der Waals surface area contributed by atoms with E-state index in [2.05, 4.69) is 25.5 Å². The molecule has 0 atom stereocenters. The zero-order chi connectivity index (χ0) is 17.2. The van der Waals surface area contributed by atoms with Crippen molar-refractivity contribution in [3.63, 3.8) is 0 Å². The van der Waals surface area contributed by atoms with Gasteiger partial charge < -0.3 is 5.11 Å². The van der Waals surface area contributed by atoms with Gasteiger partial charge in [-0.05, 0) is 29.8 Å². The van der Waals surface area contributed by atoms with Crippen LogP contribution in [0.2, 0.25) is 0 Å². The van der Waals surface area contributed by atoms with Crippen molar-refractivity contribution in [2.24, 2.45) is 0 Å². The number of hydrogen-bond donors (Lipinski definition) is 2. The molecule has 25 heavy (non-hydrogen) atoms. The second kappa shape index (κ2) is 6.40. The Hall–Kier alpha value is -3.13. The fraction of sp³-hybridized carbons (Fsp3) is 0.176. The summed E-state index contributed by atoms with van der Waals surface area (Å²) in [7, 11) is 0. The van der Waals surface area contributed by atoms with Crippen LogP contribution in [0.3, 0.4) is 0 Å². The average molecular weight is 338 g/mol. The van der Waals surface area contributed by atoms with E-state index >= 15 is 0 Å². The third kappa shape index (κ3) is 2.99. The maximum absolute atomic E-state index is 13.1. The first-order valence-corrected chi connectivity index (χ1v) is 7.83. The Morgan fingerprint density at radius 1 is 1.12 bits per heavy atom. The summed E-state index contributed by atoms with van der Waals surface area (Å²) in [6, 6.07) is 9.96. The number of fused-ring (bicyclic) bond motifs is 1. The van der Waals surface area contributed by atoms with Crippen molar-refractivity contribution in [1.29, 1.82) is 0 Å². The Balaban J connectivity index is 1.72. The van der Waals surface area contributed by atoms with Crippen LogP contribution in [0.1, 0.15) is 11.3 Å². The number of nitrogens with zero attached hydrogens (tertiary/aromatic N) is 5. The molecule has 0 aliphatic rings. The molecule has 2 N–H and O–H groups in total. The second-order valence-corrected chi connectivity index (χ2v) is 5.63. The van der Waals surface area contributed by atoms with E-state index < -0.39 is 0 Å². The molecular weight excluding hydrogens is 323 g/mol. The molecule has 0 radical (unpaired) electrons. The largest absolute Gasteiger partial charge is 0.396 e. The Labute approximate surface area is 142 Å². The van der Waals surface area contributed by atoms with Gasteiger partial charge in [-0.15, -0.1) is 5.10 Å². The van der Waals surface area contributed by atoms with Crippen LogP contribution in [-0.2, 0) is 13.0 Å². The lowest BCUT2D eigenvalue weighted by atomic mass is 10.1. The van der Waals surface area contributed by atoms with Gasteiger partial charge >= 0.3 is 0 Å². The molecule has 0 aliphatic carbocycles. The first-order chi connectivity index (χ1) is 12.2. The molecule has 3 aromatic heterocycles. The predicted octanol–water partition coefficient (Wildman–Crippen LogP) is 1.94. The van der Waals surface area contributed by atoms with Crippen molar-refractivity contribution in [2.75, 3.05) is 6.61 Å². The summed E-state index contributed by atoms with van der Waals surface area (Å²) in [5, 5.41) is 24.4. The normalized spacial score (nSPS) is 11.3. The number of pyridine rings is 1. The van der Waals surface area contributed by atoms with Gasteiger partial charge in [-0.25, -0.2) is 14.1 Å². The Bertz CT molecular complexity index is 1010. The second-order valence-electron chi connectivity index (χ2n) is 5.63. The molecule has 4 rings (SSSR count). The van der Waals surface area contributed by atoms with Crippen LogP contribution in [0, 0.1) is 5.82 Å². The molecule has 4 aromatic rings. The summed E-state index contributed by atoms with van der Waals surface area (Å²) in [5.74, 6) is -0.274. The molecule has 0 saturated carbocycles. The molecular formula is C17H15FN6O. The Morgan fingerprint density at radius 3 is 2.76 bits per heavy atom. The van der Waals surface area contributed by atoms with Crippen LogP contribution >= 0.6 is 0 Å². The molecule has 7 nitrogen and oxygen atoms in total. The first kappa shape index (κ1) is 15.4. The van der Waals surface area contributed by atoms with Crippen LogP contribution in [0.5, 0.6) is 0 Å². The average Bonchev–Trinajstić information content (AvgIpc) is 3.24. The molecule has 8 heteroatoms. The smallest absolute Gasteiger partial charge is 0.179 e. The fourth-order valence-corrected chi connectivity index (χ4v) is 2.71. The number of aliphatic hydroxyl groups is 1. The van der Waals surface area contributed by atoms with Crippen molar-refractivity contribution < 1.29 is 9.50 Å². The monoisotopic (exact) mass is 338 g/mol. The molecule has 0 aliphatic heterocycles. The molecule has 1 aromatic carbocycles. The van der Waals surface area contributed by atoms with Crippen molar-refractivity contribution in [1.82, 2.24) is 30.2 Å². The minimum atomic E-state index is -0.274. The van der Waals surface area contributed by atoms with Crippen molar-refractivity contribution in [2.45, 2.75) is 13.0 Å². The highest BCUT2D eigenvalue weighted by Crippen LogP contribution is 2.23. The van der Waals surface area contributed by atoms with E-state index in [1.807, 2.05) is 12.1 Å². The third-order valence-electron chi connectivity index (χ3n) is 3.95. The number of aliphatic hydroxyl groups excluding tert-OH is 1. The highest BCUT2D eigenvalue weighted by Gasteiger charge is 2.13. The fourth-order valence-electron chi connectivity index (χ4n) is 2.71. The summed E-state index contributed by atoms with van der Waals surface area (Å²) < 4.78 is 14.7. The van der Waals surface area contributed by atoms with Gasteiger partial charge in [0, 0.05) is 24.8 Å².